The number of nitrogens with zero attached hydrogens (tertiary/aromatic N) is 2. The fraction of sp³-hybridized carbons (Fsp3) is 0.650. The van der Waals surface area contributed by atoms with Gasteiger partial charge in [0.2, 0.25) is 0 Å². The number of para-hydroxylation sites is 1. The Labute approximate surface area is 151 Å². The fourth-order valence-electron chi connectivity index (χ4n) is 3.25. The van der Waals surface area contributed by atoms with E-state index in [2.05, 4.69) is 35.3 Å². The van der Waals surface area contributed by atoms with E-state index in [4.69, 9.17) is 14.5 Å². The Kier molecular flexibility index (Phi) is 6.56. The molecule has 2 fully saturated rings. The van der Waals surface area contributed by atoms with Crippen molar-refractivity contribution in [3.63, 3.8) is 0 Å². The number of benzene rings is 1. The average Bonchev–Trinajstić information content (AvgIpc) is 3.35. The van der Waals surface area contributed by atoms with Gasteiger partial charge in [-0.15, -0.1) is 0 Å². The molecule has 1 N–H and O–H groups in total. The zero-order valence-electron chi connectivity index (χ0n) is 15.5. The van der Waals surface area contributed by atoms with Crippen LogP contribution in [-0.2, 0) is 11.3 Å². The van der Waals surface area contributed by atoms with Crippen LogP contribution in [0.25, 0.3) is 0 Å². The van der Waals surface area contributed by atoms with Crippen LogP contribution in [0.2, 0.25) is 0 Å². The van der Waals surface area contributed by atoms with Gasteiger partial charge in [-0.2, -0.15) is 0 Å². The topological polar surface area (TPSA) is 46.1 Å². The molecular weight excluding hydrogens is 314 g/mol. The predicted molar refractivity (Wildman–Crippen MR) is 101 cm³/mol. The minimum atomic E-state index is 0.600. The quantitative estimate of drug-likeness (QED) is 0.581. The third-order valence-electron chi connectivity index (χ3n) is 4.87. The second-order valence-electron chi connectivity index (χ2n) is 7.09. The van der Waals surface area contributed by atoms with E-state index < -0.39 is 0 Å². The maximum absolute atomic E-state index is 6.01. The highest BCUT2D eigenvalue weighted by atomic mass is 16.5. The van der Waals surface area contributed by atoms with Crippen LogP contribution in [0.1, 0.15) is 31.7 Å². The largest absolute Gasteiger partial charge is 0.493 e. The molecule has 1 aromatic carbocycles. The smallest absolute Gasteiger partial charge is 0.194 e. The lowest BCUT2D eigenvalue weighted by Gasteiger charge is -2.22. The van der Waals surface area contributed by atoms with E-state index in [1.807, 2.05) is 6.07 Å². The van der Waals surface area contributed by atoms with E-state index in [1.165, 1.54) is 19.3 Å². The standard InChI is InChI=1S/C20H31N3O2/c1-3-21-20(23-11-10-17(13-23)14-24-2)22-12-18-6-4-5-7-19(18)25-15-16-8-9-16/h4-7,16-17H,3,8-15H2,1-2H3,(H,21,22). The summed E-state index contributed by atoms with van der Waals surface area (Å²) < 4.78 is 11.3. The van der Waals surface area contributed by atoms with E-state index in [0.717, 1.165) is 56.0 Å². The molecule has 3 rings (SSSR count). The minimum Gasteiger partial charge on any atom is -0.493 e. The van der Waals surface area contributed by atoms with Gasteiger partial charge in [-0.3, -0.25) is 0 Å². The molecule has 1 atom stereocenters. The van der Waals surface area contributed by atoms with Crippen LogP contribution in [0.4, 0.5) is 0 Å². The van der Waals surface area contributed by atoms with Gasteiger partial charge in [0.1, 0.15) is 5.75 Å². The maximum atomic E-state index is 6.01. The number of nitrogens with one attached hydrogen (secondary N) is 1. The molecule has 1 aliphatic carbocycles. The van der Waals surface area contributed by atoms with E-state index in [-0.39, 0.29) is 0 Å². The first kappa shape index (κ1) is 18.1. The lowest BCUT2D eigenvalue weighted by molar-refractivity contribution is 0.157. The van der Waals surface area contributed by atoms with Crippen molar-refractivity contribution in [2.75, 3.05) is 40.0 Å². The first-order valence-corrected chi connectivity index (χ1v) is 9.53. The minimum absolute atomic E-state index is 0.600. The molecule has 5 nitrogen and oxygen atoms in total. The number of aliphatic imine (C=N–C) groups is 1. The van der Waals surface area contributed by atoms with Gasteiger partial charge in [-0.05, 0) is 38.2 Å². The van der Waals surface area contributed by atoms with Crippen molar-refractivity contribution in [3.05, 3.63) is 29.8 Å². The number of ether oxygens (including phenoxy) is 2. The first-order valence-electron chi connectivity index (χ1n) is 9.53. The van der Waals surface area contributed by atoms with Gasteiger partial charge in [0.15, 0.2) is 5.96 Å². The van der Waals surface area contributed by atoms with Crippen molar-refractivity contribution >= 4 is 5.96 Å². The van der Waals surface area contributed by atoms with E-state index in [0.29, 0.717) is 12.5 Å². The van der Waals surface area contributed by atoms with Crippen LogP contribution in [0.5, 0.6) is 5.75 Å². The molecular formula is C20H31N3O2. The Morgan fingerprint density at radius 3 is 2.80 bits per heavy atom. The van der Waals surface area contributed by atoms with Gasteiger partial charge in [-0.1, -0.05) is 18.2 Å². The number of guanidine groups is 1. The molecule has 1 aromatic rings. The summed E-state index contributed by atoms with van der Waals surface area (Å²) in [5.74, 6) is 3.34. The molecule has 2 aliphatic rings. The molecule has 0 bridgehead atoms. The highest BCUT2D eigenvalue weighted by molar-refractivity contribution is 5.80. The predicted octanol–water partition coefficient (Wildman–Crippen LogP) is 2.91. The molecule has 25 heavy (non-hydrogen) atoms. The van der Waals surface area contributed by atoms with Crippen molar-refractivity contribution in [1.29, 1.82) is 0 Å². The van der Waals surface area contributed by atoms with Crippen LogP contribution in [-0.4, -0.2) is 50.8 Å². The van der Waals surface area contributed by atoms with Gasteiger partial charge < -0.3 is 19.7 Å². The van der Waals surface area contributed by atoms with E-state index in [9.17, 15) is 0 Å². The molecule has 1 unspecified atom stereocenters. The second kappa shape index (κ2) is 9.09. The lowest BCUT2D eigenvalue weighted by atomic mass is 10.1. The lowest BCUT2D eigenvalue weighted by Crippen LogP contribution is -2.40. The fourth-order valence-corrected chi connectivity index (χ4v) is 3.25. The van der Waals surface area contributed by atoms with Gasteiger partial charge in [0.05, 0.1) is 19.8 Å². The van der Waals surface area contributed by atoms with E-state index in [1.54, 1.807) is 7.11 Å². The third kappa shape index (κ3) is 5.36. The summed E-state index contributed by atoms with van der Waals surface area (Å²) in [6.45, 7) is 7.36. The van der Waals surface area contributed by atoms with Crippen molar-refractivity contribution in [2.45, 2.75) is 32.7 Å². The monoisotopic (exact) mass is 345 g/mol. The van der Waals surface area contributed by atoms with Crippen LogP contribution >= 0.6 is 0 Å². The third-order valence-corrected chi connectivity index (χ3v) is 4.87. The zero-order valence-corrected chi connectivity index (χ0v) is 15.5. The molecule has 0 spiro atoms. The molecule has 0 radical (unpaired) electrons. The van der Waals surface area contributed by atoms with Crippen LogP contribution in [0.15, 0.2) is 29.3 Å². The maximum Gasteiger partial charge on any atom is 0.194 e. The molecule has 1 heterocycles. The van der Waals surface area contributed by atoms with Crippen LogP contribution in [0.3, 0.4) is 0 Å². The summed E-state index contributed by atoms with van der Waals surface area (Å²) in [6, 6.07) is 8.28. The highest BCUT2D eigenvalue weighted by Gasteiger charge is 2.25. The first-order chi connectivity index (χ1) is 12.3. The number of hydrogen-bond acceptors (Lipinski definition) is 3. The summed E-state index contributed by atoms with van der Waals surface area (Å²) in [5, 5.41) is 3.43. The molecule has 138 valence electrons. The molecule has 0 aromatic heterocycles. The molecule has 5 heteroatoms. The highest BCUT2D eigenvalue weighted by Crippen LogP contribution is 2.30. The Bertz CT molecular complexity index is 572. The zero-order chi connectivity index (χ0) is 17.5. The Morgan fingerprint density at radius 2 is 2.04 bits per heavy atom. The molecule has 1 saturated carbocycles. The SMILES string of the molecule is CCNC(=NCc1ccccc1OCC1CC1)N1CCC(COC)C1. The summed E-state index contributed by atoms with van der Waals surface area (Å²) >= 11 is 0. The number of rotatable bonds is 8. The Hall–Kier alpha value is -1.75. The Morgan fingerprint density at radius 1 is 1.20 bits per heavy atom. The average molecular weight is 345 g/mol. The second-order valence-corrected chi connectivity index (χ2v) is 7.09. The van der Waals surface area contributed by atoms with Crippen LogP contribution in [0, 0.1) is 11.8 Å². The van der Waals surface area contributed by atoms with Gasteiger partial charge in [-0.25, -0.2) is 4.99 Å². The number of likely N-dealkylation sites (tertiary alicyclic amines) is 1. The van der Waals surface area contributed by atoms with Gasteiger partial charge in [0, 0.05) is 38.2 Å². The summed E-state index contributed by atoms with van der Waals surface area (Å²) in [7, 11) is 1.78. The summed E-state index contributed by atoms with van der Waals surface area (Å²) in [6.07, 6.45) is 3.78. The summed E-state index contributed by atoms with van der Waals surface area (Å²) in [4.78, 5) is 7.22. The van der Waals surface area contributed by atoms with Crippen molar-refractivity contribution in [3.8, 4) is 5.75 Å². The summed E-state index contributed by atoms with van der Waals surface area (Å²) in [5.41, 5.74) is 1.16. The normalized spacial score (nSPS) is 20.8. The molecule has 0 amide bonds. The number of methoxy groups -OCH3 is 1. The van der Waals surface area contributed by atoms with Crippen LogP contribution < -0.4 is 10.1 Å². The molecule has 1 aliphatic heterocycles. The Balaban J connectivity index is 1.63. The van der Waals surface area contributed by atoms with Gasteiger partial charge >= 0.3 is 0 Å². The van der Waals surface area contributed by atoms with E-state index >= 15 is 0 Å². The van der Waals surface area contributed by atoms with Crippen molar-refractivity contribution in [2.24, 2.45) is 16.8 Å². The van der Waals surface area contributed by atoms with Gasteiger partial charge in [0.25, 0.3) is 0 Å². The van der Waals surface area contributed by atoms with Crippen molar-refractivity contribution in [1.82, 2.24) is 10.2 Å². The molecule has 1 saturated heterocycles. The van der Waals surface area contributed by atoms with Crippen molar-refractivity contribution < 1.29 is 9.47 Å². The number of hydrogen-bond donors (Lipinski definition) is 1.